The number of carboxylic acid groups (broad SMARTS) is 1. The predicted molar refractivity (Wildman–Crippen MR) is 93.0 cm³/mol. The van der Waals surface area contributed by atoms with Gasteiger partial charge in [0.05, 0.1) is 26.8 Å². The molecule has 2 atom stereocenters. The average Bonchev–Trinajstić information content (AvgIpc) is 3.09. The second-order valence-electron chi connectivity index (χ2n) is 6.28. The third kappa shape index (κ3) is 4.22. The van der Waals surface area contributed by atoms with Crippen LogP contribution in [0.15, 0.2) is 18.2 Å². The molecule has 0 spiro atoms. The first-order valence-electron chi connectivity index (χ1n) is 8.33. The SMILES string of the molecule is COc1ccc(C2CCCN2C(=O)CN(C)C(C)C(=O)O)c(OC)c1. The summed E-state index contributed by atoms with van der Waals surface area (Å²) in [5, 5.41) is 9.08. The minimum Gasteiger partial charge on any atom is -0.497 e. The maximum atomic E-state index is 12.7. The van der Waals surface area contributed by atoms with E-state index in [2.05, 4.69) is 0 Å². The molecule has 25 heavy (non-hydrogen) atoms. The summed E-state index contributed by atoms with van der Waals surface area (Å²) in [4.78, 5) is 27.2. The van der Waals surface area contributed by atoms with Gasteiger partial charge in [-0.1, -0.05) is 0 Å². The van der Waals surface area contributed by atoms with Crippen molar-refractivity contribution in [3.8, 4) is 11.5 Å². The Morgan fingerprint density at radius 3 is 2.68 bits per heavy atom. The number of carboxylic acids is 1. The number of likely N-dealkylation sites (tertiary alicyclic amines) is 1. The Balaban J connectivity index is 2.17. The van der Waals surface area contributed by atoms with Gasteiger partial charge in [0.2, 0.25) is 5.91 Å². The van der Waals surface area contributed by atoms with E-state index in [1.165, 1.54) is 0 Å². The van der Waals surface area contributed by atoms with Gasteiger partial charge in [0, 0.05) is 18.2 Å². The maximum absolute atomic E-state index is 12.7. The molecule has 0 radical (unpaired) electrons. The number of nitrogens with zero attached hydrogens (tertiary/aromatic N) is 2. The minimum absolute atomic E-state index is 0.0677. The summed E-state index contributed by atoms with van der Waals surface area (Å²) in [6.07, 6.45) is 1.76. The highest BCUT2D eigenvalue weighted by Gasteiger charge is 2.33. The van der Waals surface area contributed by atoms with Crippen molar-refractivity contribution >= 4 is 11.9 Å². The van der Waals surface area contributed by atoms with Gasteiger partial charge in [-0.05, 0) is 38.9 Å². The highest BCUT2D eigenvalue weighted by atomic mass is 16.5. The zero-order valence-electron chi connectivity index (χ0n) is 15.2. The normalized spacial score (nSPS) is 18.3. The van der Waals surface area contributed by atoms with Crippen LogP contribution in [0.3, 0.4) is 0 Å². The first kappa shape index (κ1) is 19.1. The summed E-state index contributed by atoms with van der Waals surface area (Å²) in [5.41, 5.74) is 0.947. The van der Waals surface area contributed by atoms with Crippen LogP contribution in [0, 0.1) is 0 Å². The van der Waals surface area contributed by atoms with Gasteiger partial charge in [0.25, 0.3) is 0 Å². The third-order valence-electron chi connectivity index (χ3n) is 4.78. The van der Waals surface area contributed by atoms with E-state index in [4.69, 9.17) is 14.6 Å². The quantitative estimate of drug-likeness (QED) is 0.807. The topological polar surface area (TPSA) is 79.3 Å². The van der Waals surface area contributed by atoms with Crippen molar-refractivity contribution in [1.82, 2.24) is 9.80 Å². The lowest BCUT2D eigenvalue weighted by Crippen LogP contribution is -2.44. The van der Waals surface area contributed by atoms with Crippen molar-refractivity contribution in [2.24, 2.45) is 0 Å². The zero-order valence-corrected chi connectivity index (χ0v) is 15.2. The molecule has 0 aliphatic carbocycles. The summed E-state index contributed by atoms with van der Waals surface area (Å²) < 4.78 is 10.7. The van der Waals surface area contributed by atoms with E-state index < -0.39 is 12.0 Å². The number of hydrogen-bond donors (Lipinski definition) is 1. The van der Waals surface area contributed by atoms with Crippen molar-refractivity contribution in [3.63, 3.8) is 0 Å². The number of ether oxygens (including phenoxy) is 2. The summed E-state index contributed by atoms with van der Waals surface area (Å²) in [6.45, 7) is 2.31. The molecule has 1 N–H and O–H groups in total. The molecule has 1 heterocycles. The van der Waals surface area contributed by atoms with Crippen LogP contribution in [-0.2, 0) is 9.59 Å². The smallest absolute Gasteiger partial charge is 0.320 e. The van der Waals surface area contributed by atoms with Crippen LogP contribution in [-0.4, -0.2) is 67.2 Å². The number of amides is 1. The van der Waals surface area contributed by atoms with Crippen LogP contribution in [0.5, 0.6) is 11.5 Å². The molecule has 1 aliphatic rings. The molecule has 138 valence electrons. The van der Waals surface area contributed by atoms with Crippen molar-refractivity contribution in [2.75, 3.05) is 34.4 Å². The molecule has 7 nitrogen and oxygen atoms in total. The van der Waals surface area contributed by atoms with E-state index in [0.717, 1.165) is 18.4 Å². The second kappa shape index (κ2) is 8.20. The molecule has 0 bridgehead atoms. The van der Waals surface area contributed by atoms with E-state index in [0.29, 0.717) is 18.0 Å². The van der Waals surface area contributed by atoms with Gasteiger partial charge in [-0.25, -0.2) is 0 Å². The van der Waals surface area contributed by atoms with Gasteiger partial charge in [-0.3, -0.25) is 14.5 Å². The Hall–Kier alpha value is -2.28. The van der Waals surface area contributed by atoms with E-state index >= 15 is 0 Å². The highest BCUT2D eigenvalue weighted by Crippen LogP contribution is 2.38. The van der Waals surface area contributed by atoms with Crippen LogP contribution in [0.25, 0.3) is 0 Å². The first-order valence-corrected chi connectivity index (χ1v) is 8.33. The number of aliphatic carboxylic acids is 1. The summed E-state index contributed by atoms with van der Waals surface area (Å²) in [6, 6.07) is 4.83. The number of methoxy groups -OCH3 is 2. The molecule has 0 aromatic heterocycles. The number of rotatable bonds is 7. The molecule has 7 heteroatoms. The summed E-state index contributed by atoms with van der Waals surface area (Å²) >= 11 is 0. The highest BCUT2D eigenvalue weighted by molar-refractivity contribution is 5.80. The molecule has 2 unspecified atom stereocenters. The van der Waals surface area contributed by atoms with Crippen LogP contribution in [0.1, 0.15) is 31.4 Å². The number of carbonyl (C=O) groups is 2. The van der Waals surface area contributed by atoms with Gasteiger partial charge >= 0.3 is 5.97 Å². The second-order valence-corrected chi connectivity index (χ2v) is 6.28. The minimum atomic E-state index is -0.940. The molecule has 0 saturated carbocycles. The number of carbonyl (C=O) groups excluding carboxylic acids is 1. The van der Waals surface area contributed by atoms with Crippen molar-refractivity contribution < 1.29 is 24.2 Å². The third-order valence-corrected chi connectivity index (χ3v) is 4.78. The fourth-order valence-corrected chi connectivity index (χ4v) is 3.11. The molecule has 1 aromatic carbocycles. The Labute approximate surface area is 148 Å². The fourth-order valence-electron chi connectivity index (χ4n) is 3.11. The van der Waals surface area contributed by atoms with Crippen LogP contribution in [0.4, 0.5) is 0 Å². The van der Waals surface area contributed by atoms with Crippen molar-refractivity contribution in [3.05, 3.63) is 23.8 Å². The Morgan fingerprint density at radius 1 is 1.36 bits per heavy atom. The van der Waals surface area contributed by atoms with Crippen LogP contribution >= 0.6 is 0 Å². The molecular formula is C18H26N2O5. The van der Waals surface area contributed by atoms with Gasteiger partial charge in [-0.15, -0.1) is 0 Å². The Morgan fingerprint density at radius 2 is 2.08 bits per heavy atom. The van der Waals surface area contributed by atoms with Crippen LogP contribution in [0.2, 0.25) is 0 Å². The average molecular weight is 350 g/mol. The van der Waals surface area contributed by atoms with Crippen molar-refractivity contribution in [1.29, 1.82) is 0 Å². The van der Waals surface area contributed by atoms with Crippen LogP contribution < -0.4 is 9.47 Å². The molecule has 2 rings (SSSR count). The molecular weight excluding hydrogens is 324 g/mol. The van der Waals surface area contributed by atoms with Crippen molar-refractivity contribution in [2.45, 2.75) is 31.8 Å². The largest absolute Gasteiger partial charge is 0.497 e. The van der Waals surface area contributed by atoms with E-state index in [-0.39, 0.29) is 18.5 Å². The lowest BCUT2D eigenvalue weighted by atomic mass is 10.0. The number of likely N-dealkylation sites (N-methyl/N-ethyl adjacent to an activating group) is 1. The maximum Gasteiger partial charge on any atom is 0.320 e. The molecule has 1 saturated heterocycles. The van der Waals surface area contributed by atoms with Gasteiger partial charge in [0.1, 0.15) is 17.5 Å². The monoisotopic (exact) mass is 350 g/mol. The summed E-state index contributed by atoms with van der Waals surface area (Å²) in [7, 11) is 4.84. The van der Waals surface area contributed by atoms with E-state index in [1.54, 1.807) is 33.1 Å². The van der Waals surface area contributed by atoms with Gasteiger partial charge < -0.3 is 19.5 Å². The standard InChI is InChI=1S/C18H26N2O5/c1-12(18(22)23)19(2)11-17(21)20-9-5-6-15(20)14-8-7-13(24-3)10-16(14)25-4/h7-8,10,12,15H,5-6,9,11H2,1-4H3,(H,22,23). The van der Waals surface area contributed by atoms with Gasteiger partial charge in [0.15, 0.2) is 0 Å². The summed E-state index contributed by atoms with van der Waals surface area (Å²) in [5.74, 6) is 0.379. The van der Waals surface area contributed by atoms with E-state index in [1.807, 2.05) is 23.1 Å². The molecule has 1 aliphatic heterocycles. The molecule has 1 fully saturated rings. The first-order chi connectivity index (χ1) is 11.9. The molecule has 1 amide bonds. The number of hydrogen-bond acceptors (Lipinski definition) is 5. The predicted octanol–water partition coefficient (Wildman–Crippen LogP) is 1.77. The Kier molecular flexibility index (Phi) is 6.25. The number of benzene rings is 1. The van der Waals surface area contributed by atoms with Gasteiger partial charge in [-0.2, -0.15) is 0 Å². The molecule has 1 aromatic rings. The Bertz CT molecular complexity index is 634. The van der Waals surface area contributed by atoms with E-state index in [9.17, 15) is 9.59 Å². The fraction of sp³-hybridized carbons (Fsp3) is 0.556. The lowest BCUT2D eigenvalue weighted by molar-refractivity contribution is -0.143. The zero-order chi connectivity index (χ0) is 18.6. The lowest BCUT2D eigenvalue weighted by Gasteiger charge is -2.29.